The molecule has 0 fully saturated rings. The van der Waals surface area contributed by atoms with E-state index in [4.69, 9.17) is 16.0 Å². The van der Waals surface area contributed by atoms with Gasteiger partial charge in [0, 0.05) is 5.39 Å². The number of hydrogen-bond acceptors (Lipinski definition) is 1. The molecule has 1 aromatic heterocycles. The Morgan fingerprint density at radius 3 is 2.92 bits per heavy atom. The van der Waals surface area contributed by atoms with Crippen molar-refractivity contribution in [2.45, 2.75) is 12.8 Å². The minimum absolute atomic E-state index is 0.439. The first-order valence-corrected chi connectivity index (χ1v) is 4.38. The SMILES string of the molecule is Cc1cccc2cc(CCl)oc12. The third-order valence-corrected chi connectivity index (χ3v) is 2.19. The number of halogens is 1. The Hall–Kier alpha value is -0.950. The molecule has 0 N–H and O–H groups in total. The number of alkyl halides is 1. The molecule has 0 bridgehead atoms. The fraction of sp³-hybridized carbons (Fsp3) is 0.200. The molecule has 0 amide bonds. The molecule has 0 atom stereocenters. The van der Waals surface area contributed by atoms with Crippen LogP contribution in [0.3, 0.4) is 0 Å². The van der Waals surface area contributed by atoms with E-state index in [-0.39, 0.29) is 0 Å². The van der Waals surface area contributed by atoms with Crippen LogP contribution in [0.5, 0.6) is 0 Å². The number of hydrogen-bond donors (Lipinski definition) is 0. The lowest BCUT2D eigenvalue weighted by Crippen LogP contribution is -1.69. The summed E-state index contributed by atoms with van der Waals surface area (Å²) in [7, 11) is 0. The van der Waals surface area contributed by atoms with Crippen LogP contribution in [0.15, 0.2) is 28.7 Å². The molecule has 2 aromatic rings. The second-order valence-corrected chi connectivity index (χ2v) is 3.11. The van der Waals surface area contributed by atoms with Gasteiger partial charge in [0.1, 0.15) is 11.3 Å². The minimum atomic E-state index is 0.439. The van der Waals surface area contributed by atoms with Crippen LogP contribution in [0.2, 0.25) is 0 Å². The lowest BCUT2D eigenvalue weighted by atomic mass is 10.2. The van der Waals surface area contributed by atoms with Gasteiger partial charge in [-0.3, -0.25) is 0 Å². The van der Waals surface area contributed by atoms with Crippen LogP contribution in [0.25, 0.3) is 11.0 Å². The van der Waals surface area contributed by atoms with E-state index in [1.165, 1.54) is 0 Å². The van der Waals surface area contributed by atoms with Gasteiger partial charge in [0.2, 0.25) is 0 Å². The third-order valence-electron chi connectivity index (χ3n) is 1.92. The highest BCUT2D eigenvalue weighted by Crippen LogP contribution is 2.23. The fourth-order valence-corrected chi connectivity index (χ4v) is 1.46. The van der Waals surface area contributed by atoms with E-state index >= 15 is 0 Å². The largest absolute Gasteiger partial charge is 0.460 e. The summed E-state index contributed by atoms with van der Waals surface area (Å²) in [5, 5.41) is 1.13. The Morgan fingerprint density at radius 2 is 2.25 bits per heavy atom. The summed E-state index contributed by atoms with van der Waals surface area (Å²) in [5.41, 5.74) is 2.11. The molecule has 1 aromatic carbocycles. The van der Waals surface area contributed by atoms with E-state index in [1.807, 2.05) is 31.2 Å². The van der Waals surface area contributed by atoms with Crippen molar-refractivity contribution in [2.24, 2.45) is 0 Å². The van der Waals surface area contributed by atoms with E-state index in [9.17, 15) is 0 Å². The highest BCUT2D eigenvalue weighted by atomic mass is 35.5. The van der Waals surface area contributed by atoms with Crippen LogP contribution in [-0.2, 0) is 5.88 Å². The van der Waals surface area contributed by atoms with Gasteiger partial charge in [-0.25, -0.2) is 0 Å². The van der Waals surface area contributed by atoms with Crippen molar-refractivity contribution in [1.29, 1.82) is 0 Å². The number of aryl methyl sites for hydroxylation is 1. The molecule has 0 unspecified atom stereocenters. The summed E-state index contributed by atoms with van der Waals surface area (Å²) in [6.45, 7) is 2.03. The van der Waals surface area contributed by atoms with E-state index in [0.29, 0.717) is 5.88 Å². The molecule has 0 radical (unpaired) electrons. The average Bonchev–Trinajstić information content (AvgIpc) is 2.49. The Bertz CT molecular complexity index is 403. The molecule has 0 aliphatic heterocycles. The molecular formula is C10H9ClO. The zero-order valence-corrected chi connectivity index (χ0v) is 7.56. The lowest BCUT2D eigenvalue weighted by Gasteiger charge is -1.91. The van der Waals surface area contributed by atoms with Gasteiger partial charge >= 0.3 is 0 Å². The number of fused-ring (bicyclic) bond motifs is 1. The highest BCUT2D eigenvalue weighted by Gasteiger charge is 2.03. The van der Waals surface area contributed by atoms with Crippen LogP contribution in [0.1, 0.15) is 11.3 Å². The second kappa shape index (κ2) is 2.83. The fourth-order valence-electron chi connectivity index (χ4n) is 1.33. The summed E-state index contributed by atoms with van der Waals surface area (Å²) in [4.78, 5) is 0. The van der Waals surface area contributed by atoms with Crippen LogP contribution >= 0.6 is 11.6 Å². The maximum Gasteiger partial charge on any atom is 0.137 e. The molecule has 2 heteroatoms. The molecule has 2 rings (SSSR count). The summed E-state index contributed by atoms with van der Waals surface area (Å²) in [6, 6.07) is 8.06. The van der Waals surface area contributed by atoms with Crippen molar-refractivity contribution >= 4 is 22.6 Å². The van der Waals surface area contributed by atoms with Gasteiger partial charge in [0.15, 0.2) is 0 Å². The molecular weight excluding hydrogens is 172 g/mol. The van der Waals surface area contributed by atoms with Gasteiger partial charge in [0.25, 0.3) is 0 Å². The number of furan rings is 1. The molecule has 0 aliphatic carbocycles. The molecule has 0 aliphatic rings. The first kappa shape index (κ1) is 7.69. The van der Waals surface area contributed by atoms with Crippen LogP contribution < -0.4 is 0 Å². The van der Waals surface area contributed by atoms with Gasteiger partial charge in [-0.15, -0.1) is 11.6 Å². The normalized spacial score (nSPS) is 10.8. The molecule has 62 valence electrons. The zero-order valence-electron chi connectivity index (χ0n) is 6.80. The molecule has 0 saturated heterocycles. The summed E-state index contributed by atoms with van der Waals surface area (Å²) >= 11 is 5.66. The van der Waals surface area contributed by atoms with Gasteiger partial charge in [-0.2, -0.15) is 0 Å². The molecule has 1 heterocycles. The lowest BCUT2D eigenvalue weighted by molar-refractivity contribution is 0.570. The number of rotatable bonds is 1. The predicted molar refractivity (Wildman–Crippen MR) is 50.5 cm³/mol. The van der Waals surface area contributed by atoms with Gasteiger partial charge in [-0.05, 0) is 18.6 Å². The van der Waals surface area contributed by atoms with Crippen molar-refractivity contribution in [3.63, 3.8) is 0 Å². The summed E-state index contributed by atoms with van der Waals surface area (Å²) in [6.07, 6.45) is 0. The first-order chi connectivity index (χ1) is 5.81. The Balaban J connectivity index is 2.74. The van der Waals surface area contributed by atoms with Gasteiger partial charge < -0.3 is 4.42 Å². The Morgan fingerprint density at radius 1 is 1.42 bits per heavy atom. The topological polar surface area (TPSA) is 13.1 Å². The molecule has 0 spiro atoms. The maximum atomic E-state index is 5.66. The van der Waals surface area contributed by atoms with Crippen molar-refractivity contribution in [3.8, 4) is 0 Å². The smallest absolute Gasteiger partial charge is 0.137 e. The Kier molecular flexibility index (Phi) is 1.81. The van der Waals surface area contributed by atoms with Crippen LogP contribution in [0.4, 0.5) is 0 Å². The first-order valence-electron chi connectivity index (χ1n) is 3.85. The van der Waals surface area contributed by atoms with Crippen molar-refractivity contribution < 1.29 is 4.42 Å². The summed E-state index contributed by atoms with van der Waals surface area (Å²) < 4.78 is 5.52. The molecule has 12 heavy (non-hydrogen) atoms. The predicted octanol–water partition coefficient (Wildman–Crippen LogP) is 3.48. The van der Waals surface area contributed by atoms with Gasteiger partial charge in [-0.1, -0.05) is 18.2 Å². The molecule has 1 nitrogen and oxygen atoms in total. The highest BCUT2D eigenvalue weighted by molar-refractivity contribution is 6.17. The minimum Gasteiger partial charge on any atom is -0.460 e. The standard InChI is InChI=1S/C10H9ClO/c1-7-3-2-4-8-5-9(6-11)12-10(7)8/h2-5H,6H2,1H3. The van der Waals surface area contributed by atoms with Crippen LogP contribution in [-0.4, -0.2) is 0 Å². The zero-order chi connectivity index (χ0) is 8.55. The van der Waals surface area contributed by atoms with E-state index in [0.717, 1.165) is 22.3 Å². The van der Waals surface area contributed by atoms with Crippen molar-refractivity contribution in [1.82, 2.24) is 0 Å². The quantitative estimate of drug-likeness (QED) is 0.613. The monoisotopic (exact) mass is 180 g/mol. The van der Waals surface area contributed by atoms with Crippen LogP contribution in [0, 0.1) is 6.92 Å². The maximum absolute atomic E-state index is 5.66. The van der Waals surface area contributed by atoms with E-state index in [1.54, 1.807) is 0 Å². The summed E-state index contributed by atoms with van der Waals surface area (Å²) in [5.74, 6) is 1.27. The average molecular weight is 181 g/mol. The Labute approximate surface area is 75.9 Å². The third kappa shape index (κ3) is 1.10. The van der Waals surface area contributed by atoms with Crippen molar-refractivity contribution in [2.75, 3.05) is 0 Å². The van der Waals surface area contributed by atoms with Crippen molar-refractivity contribution in [3.05, 3.63) is 35.6 Å². The number of para-hydroxylation sites is 1. The van der Waals surface area contributed by atoms with Gasteiger partial charge in [0.05, 0.1) is 5.88 Å². The van der Waals surface area contributed by atoms with E-state index in [2.05, 4.69) is 0 Å². The number of benzene rings is 1. The van der Waals surface area contributed by atoms with E-state index < -0.39 is 0 Å². The second-order valence-electron chi connectivity index (χ2n) is 2.84. The molecule has 0 saturated carbocycles.